The summed E-state index contributed by atoms with van der Waals surface area (Å²) in [5, 5.41) is 8.00. The molecule has 2 rings (SSSR count). The first-order valence-corrected chi connectivity index (χ1v) is 6.34. The highest BCUT2D eigenvalue weighted by Gasteiger charge is 2.12. The van der Waals surface area contributed by atoms with Crippen LogP contribution in [0.1, 0.15) is 37.1 Å². The molecule has 5 heteroatoms. The molecule has 1 atom stereocenters. The van der Waals surface area contributed by atoms with E-state index in [1.807, 2.05) is 29.2 Å². The fraction of sp³-hybridized carbons (Fsp3) is 0.462. The van der Waals surface area contributed by atoms with Crippen LogP contribution in [0.3, 0.4) is 0 Å². The number of hydrogen-bond donors (Lipinski definition) is 1. The van der Waals surface area contributed by atoms with Gasteiger partial charge in [-0.1, -0.05) is 12.1 Å². The molecule has 0 aliphatic rings. The second kappa shape index (κ2) is 6.26. The first-order valence-electron chi connectivity index (χ1n) is 6.34. The van der Waals surface area contributed by atoms with E-state index in [0.29, 0.717) is 0 Å². The quantitative estimate of drug-likeness (QED) is 0.841. The van der Waals surface area contributed by atoms with Crippen molar-refractivity contribution in [2.75, 3.05) is 0 Å². The van der Waals surface area contributed by atoms with E-state index in [2.05, 4.69) is 22.2 Å². The Labute approximate surface area is 107 Å². The van der Waals surface area contributed by atoms with Gasteiger partial charge in [0.05, 0.1) is 11.9 Å². The fourth-order valence-corrected chi connectivity index (χ4v) is 1.96. The Morgan fingerprint density at radius 2 is 2.11 bits per heavy atom. The SMILES string of the molecule is CCCn1nncc1C(N)CCc1ccncc1. The van der Waals surface area contributed by atoms with E-state index in [0.717, 1.165) is 31.5 Å². The van der Waals surface area contributed by atoms with Crippen LogP contribution in [0.25, 0.3) is 0 Å². The van der Waals surface area contributed by atoms with Gasteiger partial charge in [-0.15, -0.1) is 5.10 Å². The summed E-state index contributed by atoms with van der Waals surface area (Å²) in [6, 6.07) is 4.03. The Morgan fingerprint density at radius 1 is 1.33 bits per heavy atom. The Kier molecular flexibility index (Phi) is 4.41. The zero-order valence-electron chi connectivity index (χ0n) is 10.7. The average Bonchev–Trinajstić information content (AvgIpc) is 2.86. The molecule has 0 saturated carbocycles. The molecule has 5 nitrogen and oxygen atoms in total. The van der Waals surface area contributed by atoms with Crippen molar-refractivity contribution < 1.29 is 0 Å². The van der Waals surface area contributed by atoms with E-state index in [4.69, 9.17) is 5.73 Å². The molecule has 2 aromatic rings. The van der Waals surface area contributed by atoms with Gasteiger partial charge in [0.25, 0.3) is 0 Å². The van der Waals surface area contributed by atoms with E-state index in [-0.39, 0.29) is 6.04 Å². The third-order valence-corrected chi connectivity index (χ3v) is 2.96. The predicted molar refractivity (Wildman–Crippen MR) is 69.8 cm³/mol. The predicted octanol–water partition coefficient (Wildman–Crippen LogP) is 1.72. The maximum atomic E-state index is 6.20. The third kappa shape index (κ3) is 3.13. The van der Waals surface area contributed by atoms with Crippen molar-refractivity contribution in [3.05, 3.63) is 42.0 Å². The highest BCUT2D eigenvalue weighted by Crippen LogP contribution is 2.15. The zero-order valence-corrected chi connectivity index (χ0v) is 10.7. The van der Waals surface area contributed by atoms with Crippen LogP contribution < -0.4 is 5.73 Å². The summed E-state index contributed by atoms with van der Waals surface area (Å²) < 4.78 is 1.90. The number of rotatable bonds is 6. The topological polar surface area (TPSA) is 69.6 Å². The van der Waals surface area contributed by atoms with Crippen LogP contribution in [-0.2, 0) is 13.0 Å². The molecule has 1 unspecified atom stereocenters. The number of hydrogen-bond acceptors (Lipinski definition) is 4. The van der Waals surface area contributed by atoms with Gasteiger partial charge in [0.15, 0.2) is 0 Å². The average molecular weight is 245 g/mol. The molecule has 0 spiro atoms. The van der Waals surface area contributed by atoms with Gasteiger partial charge in [0, 0.05) is 25.0 Å². The molecule has 2 heterocycles. The highest BCUT2D eigenvalue weighted by molar-refractivity contribution is 5.11. The molecule has 0 saturated heterocycles. The van der Waals surface area contributed by atoms with Crippen LogP contribution in [0.2, 0.25) is 0 Å². The van der Waals surface area contributed by atoms with Crippen LogP contribution >= 0.6 is 0 Å². The first kappa shape index (κ1) is 12.7. The van der Waals surface area contributed by atoms with Gasteiger partial charge in [-0.05, 0) is 37.0 Å². The fourth-order valence-electron chi connectivity index (χ4n) is 1.96. The van der Waals surface area contributed by atoms with E-state index in [1.165, 1.54) is 5.56 Å². The molecule has 96 valence electrons. The Bertz CT molecular complexity index is 465. The number of nitrogens with zero attached hydrogens (tertiary/aromatic N) is 4. The van der Waals surface area contributed by atoms with Crippen LogP contribution in [0.5, 0.6) is 0 Å². The van der Waals surface area contributed by atoms with Crippen molar-refractivity contribution in [2.45, 2.75) is 38.8 Å². The summed E-state index contributed by atoms with van der Waals surface area (Å²) in [5.41, 5.74) is 8.48. The second-order valence-corrected chi connectivity index (χ2v) is 4.38. The number of pyridine rings is 1. The molecule has 0 aromatic carbocycles. The molecular formula is C13H19N5. The van der Waals surface area contributed by atoms with Crippen LogP contribution in [0, 0.1) is 0 Å². The van der Waals surface area contributed by atoms with Gasteiger partial charge >= 0.3 is 0 Å². The lowest BCUT2D eigenvalue weighted by Gasteiger charge is -2.12. The number of nitrogens with two attached hydrogens (primary N) is 1. The molecule has 2 aromatic heterocycles. The molecule has 0 bridgehead atoms. The Hall–Kier alpha value is -1.75. The normalized spacial score (nSPS) is 12.6. The van der Waals surface area contributed by atoms with Crippen LogP contribution in [-0.4, -0.2) is 20.0 Å². The summed E-state index contributed by atoms with van der Waals surface area (Å²) in [5.74, 6) is 0. The molecule has 2 N–H and O–H groups in total. The smallest absolute Gasteiger partial charge is 0.0754 e. The zero-order chi connectivity index (χ0) is 12.8. The van der Waals surface area contributed by atoms with Gasteiger partial charge in [0.1, 0.15) is 0 Å². The van der Waals surface area contributed by atoms with E-state index < -0.39 is 0 Å². The van der Waals surface area contributed by atoms with Crippen molar-refractivity contribution in [3.8, 4) is 0 Å². The summed E-state index contributed by atoms with van der Waals surface area (Å²) in [4.78, 5) is 4.01. The van der Waals surface area contributed by atoms with Gasteiger partial charge < -0.3 is 5.73 Å². The summed E-state index contributed by atoms with van der Waals surface area (Å²) >= 11 is 0. The maximum Gasteiger partial charge on any atom is 0.0754 e. The van der Waals surface area contributed by atoms with E-state index in [9.17, 15) is 0 Å². The minimum Gasteiger partial charge on any atom is -0.323 e. The summed E-state index contributed by atoms with van der Waals surface area (Å²) in [6.45, 7) is 2.99. The van der Waals surface area contributed by atoms with Crippen LogP contribution in [0.4, 0.5) is 0 Å². The molecule has 0 aliphatic heterocycles. The van der Waals surface area contributed by atoms with Crippen molar-refractivity contribution in [1.82, 2.24) is 20.0 Å². The molecule has 0 fully saturated rings. The second-order valence-electron chi connectivity index (χ2n) is 4.38. The standard InChI is InChI=1S/C13H19N5/c1-2-9-18-13(10-16-17-18)12(14)4-3-11-5-7-15-8-6-11/h5-8,10,12H,2-4,9,14H2,1H3. The Balaban J connectivity index is 1.95. The monoisotopic (exact) mass is 245 g/mol. The lowest BCUT2D eigenvalue weighted by Crippen LogP contribution is -2.17. The maximum absolute atomic E-state index is 6.20. The number of aryl methyl sites for hydroxylation is 2. The minimum absolute atomic E-state index is 0.0142. The highest BCUT2D eigenvalue weighted by atomic mass is 15.4. The largest absolute Gasteiger partial charge is 0.323 e. The number of aromatic nitrogens is 4. The van der Waals surface area contributed by atoms with Crippen LogP contribution in [0.15, 0.2) is 30.7 Å². The van der Waals surface area contributed by atoms with Crippen molar-refractivity contribution in [2.24, 2.45) is 5.73 Å². The summed E-state index contributed by atoms with van der Waals surface area (Å²) in [7, 11) is 0. The molecular weight excluding hydrogens is 226 g/mol. The van der Waals surface area contributed by atoms with Crippen molar-refractivity contribution >= 4 is 0 Å². The van der Waals surface area contributed by atoms with Crippen molar-refractivity contribution in [3.63, 3.8) is 0 Å². The minimum atomic E-state index is -0.0142. The molecule has 0 radical (unpaired) electrons. The molecule has 0 aliphatic carbocycles. The molecule has 18 heavy (non-hydrogen) atoms. The first-order chi connectivity index (χ1) is 8.81. The summed E-state index contributed by atoms with van der Waals surface area (Å²) in [6.07, 6.45) is 8.26. The van der Waals surface area contributed by atoms with Gasteiger partial charge in [-0.25, -0.2) is 4.68 Å². The van der Waals surface area contributed by atoms with E-state index >= 15 is 0 Å². The van der Waals surface area contributed by atoms with Gasteiger partial charge in [-0.2, -0.15) is 0 Å². The van der Waals surface area contributed by atoms with Crippen molar-refractivity contribution in [1.29, 1.82) is 0 Å². The van der Waals surface area contributed by atoms with E-state index in [1.54, 1.807) is 6.20 Å². The lowest BCUT2D eigenvalue weighted by atomic mass is 10.0. The van der Waals surface area contributed by atoms with Gasteiger partial charge in [0.2, 0.25) is 0 Å². The molecule has 0 amide bonds. The van der Waals surface area contributed by atoms with Gasteiger partial charge in [-0.3, -0.25) is 4.98 Å². The Morgan fingerprint density at radius 3 is 2.83 bits per heavy atom. The third-order valence-electron chi connectivity index (χ3n) is 2.96. The lowest BCUT2D eigenvalue weighted by molar-refractivity contribution is 0.513.